The van der Waals surface area contributed by atoms with E-state index in [1.807, 2.05) is 26.0 Å². The molecule has 1 fully saturated rings. The van der Waals surface area contributed by atoms with Crippen molar-refractivity contribution in [3.63, 3.8) is 0 Å². The van der Waals surface area contributed by atoms with E-state index >= 15 is 0 Å². The summed E-state index contributed by atoms with van der Waals surface area (Å²) in [6.07, 6.45) is 2.11. The molecule has 2 unspecified atom stereocenters. The number of nitrogens with two attached hydrogens (primary N) is 1. The van der Waals surface area contributed by atoms with Gasteiger partial charge in [-0.3, -0.25) is 0 Å². The van der Waals surface area contributed by atoms with Crippen LogP contribution >= 0.6 is 15.9 Å². The molecule has 5 heteroatoms. The van der Waals surface area contributed by atoms with Gasteiger partial charge in [0.25, 0.3) is 0 Å². The maximum Gasteiger partial charge on any atom is 0.231 e. The zero-order valence-electron chi connectivity index (χ0n) is 11.6. The van der Waals surface area contributed by atoms with Gasteiger partial charge in [-0.1, -0.05) is 46.2 Å². The molecular weight excluding hydrogens is 318 g/mol. The minimum absolute atomic E-state index is 0.00177. The molecule has 1 heterocycles. The van der Waals surface area contributed by atoms with E-state index in [-0.39, 0.29) is 17.4 Å². The minimum atomic E-state index is -0.0839. The molecule has 1 saturated carbocycles. The number of nitrogens with zero attached hydrogens (tertiary/aromatic N) is 2. The van der Waals surface area contributed by atoms with Crippen LogP contribution in [0.2, 0.25) is 0 Å². The molecule has 3 rings (SSSR count). The molecule has 0 spiro atoms. The number of halogens is 1. The average molecular weight is 336 g/mol. The van der Waals surface area contributed by atoms with Crippen LogP contribution in [0.4, 0.5) is 0 Å². The number of rotatable bonds is 4. The van der Waals surface area contributed by atoms with E-state index in [1.54, 1.807) is 0 Å². The fraction of sp³-hybridized carbons (Fsp3) is 0.467. The van der Waals surface area contributed by atoms with Crippen molar-refractivity contribution < 1.29 is 4.52 Å². The van der Waals surface area contributed by atoms with E-state index in [2.05, 4.69) is 38.2 Å². The summed E-state index contributed by atoms with van der Waals surface area (Å²) < 4.78 is 6.52. The SMILES string of the molecule is CC(N)C(C)c1nc(C2(c3ccccc3Br)CC2)no1. The van der Waals surface area contributed by atoms with Gasteiger partial charge in [0.1, 0.15) is 0 Å². The number of hydrogen-bond donors (Lipinski definition) is 1. The average Bonchev–Trinajstić information content (AvgIpc) is 3.08. The van der Waals surface area contributed by atoms with Gasteiger partial charge >= 0.3 is 0 Å². The van der Waals surface area contributed by atoms with Gasteiger partial charge in [-0.2, -0.15) is 4.98 Å². The van der Waals surface area contributed by atoms with Crippen molar-refractivity contribution in [2.75, 3.05) is 0 Å². The molecule has 1 aromatic carbocycles. The summed E-state index contributed by atoms with van der Waals surface area (Å²) in [6, 6.07) is 8.25. The Labute approximate surface area is 126 Å². The van der Waals surface area contributed by atoms with Crippen LogP contribution < -0.4 is 5.73 Å². The van der Waals surface area contributed by atoms with E-state index < -0.39 is 0 Å². The van der Waals surface area contributed by atoms with Crippen molar-refractivity contribution >= 4 is 15.9 Å². The summed E-state index contributed by atoms with van der Waals surface area (Å²) >= 11 is 3.62. The molecule has 1 aromatic heterocycles. The highest BCUT2D eigenvalue weighted by atomic mass is 79.9. The molecule has 1 aliphatic carbocycles. The molecule has 0 amide bonds. The molecule has 0 aliphatic heterocycles. The van der Waals surface area contributed by atoms with Crippen LogP contribution in [0.25, 0.3) is 0 Å². The Kier molecular flexibility index (Phi) is 3.42. The van der Waals surface area contributed by atoms with Gasteiger partial charge in [-0.15, -0.1) is 0 Å². The lowest BCUT2D eigenvalue weighted by Crippen LogP contribution is -2.22. The Morgan fingerprint density at radius 1 is 1.30 bits per heavy atom. The van der Waals surface area contributed by atoms with Crippen LogP contribution in [0.1, 0.15) is 49.9 Å². The van der Waals surface area contributed by atoms with E-state index in [4.69, 9.17) is 10.3 Å². The lowest BCUT2D eigenvalue weighted by molar-refractivity contribution is 0.341. The summed E-state index contributed by atoms with van der Waals surface area (Å²) in [5.41, 5.74) is 7.05. The zero-order chi connectivity index (χ0) is 14.3. The van der Waals surface area contributed by atoms with Crippen molar-refractivity contribution in [1.29, 1.82) is 0 Å². The predicted octanol–water partition coefficient (Wildman–Crippen LogP) is 3.36. The normalized spacial score (nSPS) is 19.6. The highest BCUT2D eigenvalue weighted by molar-refractivity contribution is 9.10. The van der Waals surface area contributed by atoms with Crippen molar-refractivity contribution in [2.24, 2.45) is 5.73 Å². The van der Waals surface area contributed by atoms with Gasteiger partial charge in [0.15, 0.2) is 5.82 Å². The van der Waals surface area contributed by atoms with E-state index in [0.29, 0.717) is 5.89 Å². The molecule has 2 atom stereocenters. The van der Waals surface area contributed by atoms with Crippen molar-refractivity contribution in [3.05, 3.63) is 46.0 Å². The summed E-state index contributed by atoms with van der Waals surface area (Å²) in [5.74, 6) is 1.49. The van der Waals surface area contributed by atoms with Gasteiger partial charge in [-0.25, -0.2) is 0 Å². The first-order valence-corrected chi connectivity index (χ1v) is 7.68. The first kappa shape index (κ1) is 13.8. The highest BCUT2D eigenvalue weighted by Gasteiger charge is 2.51. The fourth-order valence-electron chi connectivity index (χ4n) is 2.43. The van der Waals surface area contributed by atoms with Crippen LogP contribution in [0, 0.1) is 0 Å². The summed E-state index contributed by atoms with van der Waals surface area (Å²) in [5, 5.41) is 4.21. The number of hydrogen-bond acceptors (Lipinski definition) is 4. The topological polar surface area (TPSA) is 64.9 Å². The monoisotopic (exact) mass is 335 g/mol. The van der Waals surface area contributed by atoms with Crippen LogP contribution in [-0.2, 0) is 5.41 Å². The lowest BCUT2D eigenvalue weighted by Gasteiger charge is -2.13. The summed E-state index contributed by atoms with van der Waals surface area (Å²) in [6.45, 7) is 3.97. The molecule has 106 valence electrons. The van der Waals surface area contributed by atoms with Crippen molar-refractivity contribution in [1.82, 2.24) is 10.1 Å². The third-order valence-electron chi connectivity index (χ3n) is 4.19. The first-order chi connectivity index (χ1) is 9.54. The molecular formula is C15H18BrN3O. The highest BCUT2D eigenvalue weighted by Crippen LogP contribution is 2.54. The zero-order valence-corrected chi connectivity index (χ0v) is 13.2. The van der Waals surface area contributed by atoms with Crippen molar-refractivity contribution in [2.45, 2.75) is 44.1 Å². The minimum Gasteiger partial charge on any atom is -0.339 e. The van der Waals surface area contributed by atoms with Gasteiger partial charge < -0.3 is 10.3 Å². The van der Waals surface area contributed by atoms with Crippen LogP contribution in [0.5, 0.6) is 0 Å². The molecule has 1 aliphatic rings. The predicted molar refractivity (Wildman–Crippen MR) is 80.5 cm³/mol. The van der Waals surface area contributed by atoms with Crippen molar-refractivity contribution in [3.8, 4) is 0 Å². The lowest BCUT2D eigenvalue weighted by atomic mass is 9.95. The molecule has 0 radical (unpaired) electrons. The molecule has 20 heavy (non-hydrogen) atoms. The third kappa shape index (κ3) is 2.19. The maximum atomic E-state index is 5.90. The largest absolute Gasteiger partial charge is 0.339 e. The Morgan fingerprint density at radius 2 is 2.00 bits per heavy atom. The van der Waals surface area contributed by atoms with Crippen LogP contribution in [0.15, 0.2) is 33.3 Å². The Bertz CT molecular complexity index is 619. The van der Waals surface area contributed by atoms with Crippen LogP contribution in [-0.4, -0.2) is 16.2 Å². The number of benzene rings is 1. The van der Waals surface area contributed by atoms with E-state index in [9.17, 15) is 0 Å². The molecule has 4 nitrogen and oxygen atoms in total. The van der Waals surface area contributed by atoms with Gasteiger partial charge in [-0.05, 0) is 31.4 Å². The first-order valence-electron chi connectivity index (χ1n) is 6.89. The Hall–Kier alpha value is -1.20. The summed E-state index contributed by atoms with van der Waals surface area (Å²) in [7, 11) is 0. The standard InChI is InChI=1S/C15H18BrN3O/c1-9(10(2)17)13-18-14(19-20-13)15(7-8-15)11-5-3-4-6-12(11)16/h3-6,9-10H,7-8,17H2,1-2H3. The second kappa shape index (κ2) is 4.97. The maximum absolute atomic E-state index is 5.90. The van der Waals surface area contributed by atoms with E-state index in [1.165, 1.54) is 5.56 Å². The molecule has 2 aromatic rings. The Balaban J connectivity index is 1.96. The third-order valence-corrected chi connectivity index (χ3v) is 4.88. The fourth-order valence-corrected chi connectivity index (χ4v) is 3.09. The van der Waals surface area contributed by atoms with Gasteiger partial charge in [0.2, 0.25) is 5.89 Å². The Morgan fingerprint density at radius 3 is 2.60 bits per heavy atom. The quantitative estimate of drug-likeness (QED) is 0.930. The van der Waals surface area contributed by atoms with Gasteiger partial charge in [0.05, 0.1) is 11.3 Å². The second-order valence-corrected chi connectivity index (χ2v) is 6.52. The van der Waals surface area contributed by atoms with Crippen LogP contribution in [0.3, 0.4) is 0 Å². The van der Waals surface area contributed by atoms with Gasteiger partial charge in [0, 0.05) is 10.5 Å². The second-order valence-electron chi connectivity index (χ2n) is 5.67. The molecule has 0 bridgehead atoms. The molecule has 2 N–H and O–H groups in total. The smallest absolute Gasteiger partial charge is 0.231 e. The van der Waals surface area contributed by atoms with E-state index in [0.717, 1.165) is 23.1 Å². The number of aromatic nitrogens is 2. The summed E-state index contributed by atoms with van der Waals surface area (Å²) in [4.78, 5) is 4.60. The molecule has 0 saturated heterocycles.